The van der Waals surface area contributed by atoms with Gasteiger partial charge in [0.05, 0.1) is 0 Å². The van der Waals surface area contributed by atoms with Crippen molar-refractivity contribution in [2.45, 2.75) is 18.4 Å². The quantitative estimate of drug-likeness (QED) is 0.836. The number of rotatable bonds is 4. The Balaban J connectivity index is 1.71. The lowest BCUT2D eigenvalue weighted by atomic mass is 10.1. The standard InChI is InChI=1S/C18H20F2N2O2S/c1-14-5-2-3-6-15(14)13-21-9-11-22(12-10-21)25(23,24)18-16(19)7-4-8-17(18)20/h2-8H,9-13H2,1H3. The molecular weight excluding hydrogens is 346 g/mol. The van der Waals surface area contributed by atoms with Crippen LogP contribution in [0.3, 0.4) is 0 Å². The second kappa shape index (κ2) is 7.19. The van der Waals surface area contributed by atoms with E-state index in [1.165, 1.54) is 11.1 Å². The first-order valence-corrected chi connectivity index (χ1v) is 9.54. The Bertz CT molecular complexity index is 843. The fourth-order valence-corrected chi connectivity index (χ4v) is 4.55. The van der Waals surface area contributed by atoms with Gasteiger partial charge < -0.3 is 0 Å². The summed E-state index contributed by atoms with van der Waals surface area (Å²) in [4.78, 5) is 1.29. The Morgan fingerprint density at radius 3 is 2.12 bits per heavy atom. The first-order valence-electron chi connectivity index (χ1n) is 8.10. The van der Waals surface area contributed by atoms with E-state index in [1.54, 1.807) is 0 Å². The molecule has 4 nitrogen and oxygen atoms in total. The maximum absolute atomic E-state index is 13.9. The van der Waals surface area contributed by atoms with Crippen LogP contribution in [0.4, 0.5) is 8.78 Å². The van der Waals surface area contributed by atoms with Gasteiger partial charge in [0.15, 0.2) is 4.90 Å². The second-order valence-corrected chi connectivity index (χ2v) is 8.03. The van der Waals surface area contributed by atoms with Crippen molar-refractivity contribution in [3.8, 4) is 0 Å². The molecule has 3 rings (SSSR count). The number of piperazine rings is 1. The Kier molecular flexibility index (Phi) is 5.17. The molecule has 0 saturated carbocycles. The van der Waals surface area contributed by atoms with Crippen molar-refractivity contribution in [2.75, 3.05) is 26.2 Å². The fourth-order valence-electron chi connectivity index (χ4n) is 3.01. The number of aryl methyl sites for hydroxylation is 1. The molecule has 134 valence electrons. The van der Waals surface area contributed by atoms with E-state index in [1.807, 2.05) is 31.2 Å². The van der Waals surface area contributed by atoms with Gasteiger partial charge in [-0.1, -0.05) is 30.3 Å². The van der Waals surface area contributed by atoms with E-state index in [4.69, 9.17) is 0 Å². The van der Waals surface area contributed by atoms with Crippen molar-refractivity contribution >= 4 is 10.0 Å². The number of benzene rings is 2. The van der Waals surface area contributed by atoms with Crippen LogP contribution in [0.15, 0.2) is 47.4 Å². The van der Waals surface area contributed by atoms with Crippen LogP contribution < -0.4 is 0 Å². The SMILES string of the molecule is Cc1ccccc1CN1CCN(S(=O)(=O)c2c(F)cccc2F)CC1. The molecular formula is C18H20F2N2O2S. The van der Waals surface area contributed by atoms with E-state index in [9.17, 15) is 17.2 Å². The van der Waals surface area contributed by atoms with Crippen LogP contribution in [0.2, 0.25) is 0 Å². The highest BCUT2D eigenvalue weighted by Gasteiger charge is 2.33. The number of halogens is 2. The zero-order valence-electron chi connectivity index (χ0n) is 14.0. The highest BCUT2D eigenvalue weighted by molar-refractivity contribution is 7.89. The first kappa shape index (κ1) is 18.0. The predicted molar refractivity (Wildman–Crippen MR) is 91.6 cm³/mol. The van der Waals surface area contributed by atoms with Gasteiger partial charge in [0.1, 0.15) is 11.6 Å². The van der Waals surface area contributed by atoms with Crippen molar-refractivity contribution in [3.05, 3.63) is 65.2 Å². The molecule has 0 bridgehead atoms. The third kappa shape index (κ3) is 3.73. The summed E-state index contributed by atoms with van der Waals surface area (Å²) >= 11 is 0. The molecule has 0 amide bonds. The van der Waals surface area contributed by atoms with E-state index in [2.05, 4.69) is 4.90 Å². The Morgan fingerprint density at radius 1 is 0.920 bits per heavy atom. The summed E-state index contributed by atoms with van der Waals surface area (Å²) in [6.45, 7) is 4.23. The number of nitrogens with zero attached hydrogens (tertiary/aromatic N) is 2. The molecule has 0 atom stereocenters. The van der Waals surface area contributed by atoms with E-state index in [0.29, 0.717) is 13.1 Å². The van der Waals surface area contributed by atoms with Gasteiger partial charge in [0.2, 0.25) is 10.0 Å². The monoisotopic (exact) mass is 366 g/mol. The summed E-state index contributed by atoms with van der Waals surface area (Å²) in [6, 6.07) is 11.1. The van der Waals surface area contributed by atoms with E-state index < -0.39 is 26.6 Å². The minimum absolute atomic E-state index is 0.210. The van der Waals surface area contributed by atoms with Crippen LogP contribution in [-0.4, -0.2) is 43.8 Å². The zero-order valence-corrected chi connectivity index (χ0v) is 14.8. The molecule has 0 aromatic heterocycles. The predicted octanol–water partition coefficient (Wildman–Crippen LogP) is 2.78. The maximum atomic E-state index is 13.9. The second-order valence-electron chi connectivity index (χ2n) is 6.16. The topological polar surface area (TPSA) is 40.6 Å². The summed E-state index contributed by atoms with van der Waals surface area (Å²) in [7, 11) is -4.17. The van der Waals surface area contributed by atoms with Crippen molar-refractivity contribution in [2.24, 2.45) is 0 Å². The Hall–Kier alpha value is -1.83. The summed E-state index contributed by atoms with van der Waals surface area (Å²) < 4.78 is 54.0. The van der Waals surface area contributed by atoms with Crippen molar-refractivity contribution in [1.82, 2.24) is 9.21 Å². The number of hydrogen-bond donors (Lipinski definition) is 0. The van der Waals surface area contributed by atoms with Crippen LogP contribution >= 0.6 is 0 Å². The molecule has 7 heteroatoms. The fraction of sp³-hybridized carbons (Fsp3) is 0.333. The molecule has 1 aliphatic rings. The van der Waals surface area contributed by atoms with Gasteiger partial charge in [-0.3, -0.25) is 4.90 Å². The average molecular weight is 366 g/mol. The van der Waals surface area contributed by atoms with Gasteiger partial charge in [0.25, 0.3) is 0 Å². The molecule has 1 saturated heterocycles. The highest BCUT2D eigenvalue weighted by Crippen LogP contribution is 2.24. The van der Waals surface area contributed by atoms with E-state index >= 15 is 0 Å². The molecule has 0 aliphatic carbocycles. The Morgan fingerprint density at radius 2 is 1.52 bits per heavy atom. The van der Waals surface area contributed by atoms with Crippen LogP contribution in [0, 0.1) is 18.6 Å². The number of sulfonamides is 1. The molecule has 0 radical (unpaired) electrons. The summed E-state index contributed by atoms with van der Waals surface area (Å²) in [5.41, 5.74) is 2.38. The largest absolute Gasteiger partial charge is 0.296 e. The Labute approximate surface area is 146 Å². The minimum Gasteiger partial charge on any atom is -0.296 e. The van der Waals surface area contributed by atoms with Crippen LogP contribution in [0.25, 0.3) is 0 Å². The third-order valence-corrected chi connectivity index (χ3v) is 6.45. The van der Waals surface area contributed by atoms with Gasteiger partial charge in [-0.05, 0) is 30.2 Å². The van der Waals surface area contributed by atoms with Gasteiger partial charge in [-0.2, -0.15) is 4.31 Å². The van der Waals surface area contributed by atoms with Crippen LogP contribution in [0.1, 0.15) is 11.1 Å². The van der Waals surface area contributed by atoms with E-state index in [-0.39, 0.29) is 13.1 Å². The summed E-state index contributed by atoms with van der Waals surface area (Å²) in [6.07, 6.45) is 0. The maximum Gasteiger partial charge on any atom is 0.249 e. The molecule has 1 fully saturated rings. The molecule has 1 heterocycles. The molecule has 0 N–H and O–H groups in total. The summed E-state index contributed by atoms with van der Waals surface area (Å²) in [5.74, 6) is -2.11. The molecule has 2 aromatic carbocycles. The minimum atomic E-state index is -4.17. The van der Waals surface area contributed by atoms with E-state index in [0.717, 1.165) is 29.0 Å². The highest BCUT2D eigenvalue weighted by atomic mass is 32.2. The number of hydrogen-bond acceptors (Lipinski definition) is 3. The lowest BCUT2D eigenvalue weighted by Gasteiger charge is -2.34. The molecule has 2 aromatic rings. The van der Waals surface area contributed by atoms with Gasteiger partial charge >= 0.3 is 0 Å². The average Bonchev–Trinajstić information content (AvgIpc) is 2.57. The molecule has 0 spiro atoms. The zero-order chi connectivity index (χ0) is 18.0. The molecule has 1 aliphatic heterocycles. The van der Waals surface area contributed by atoms with Crippen LogP contribution in [-0.2, 0) is 16.6 Å². The lowest BCUT2D eigenvalue weighted by Crippen LogP contribution is -2.48. The van der Waals surface area contributed by atoms with Gasteiger partial charge in [-0.25, -0.2) is 17.2 Å². The lowest BCUT2D eigenvalue weighted by molar-refractivity contribution is 0.181. The van der Waals surface area contributed by atoms with Crippen LogP contribution in [0.5, 0.6) is 0 Å². The first-order chi connectivity index (χ1) is 11.9. The smallest absolute Gasteiger partial charge is 0.249 e. The normalized spacial score (nSPS) is 16.9. The third-order valence-electron chi connectivity index (χ3n) is 4.50. The molecule has 25 heavy (non-hydrogen) atoms. The van der Waals surface area contributed by atoms with Gasteiger partial charge in [-0.15, -0.1) is 0 Å². The van der Waals surface area contributed by atoms with Crippen molar-refractivity contribution in [3.63, 3.8) is 0 Å². The van der Waals surface area contributed by atoms with Crippen molar-refractivity contribution in [1.29, 1.82) is 0 Å². The molecule has 0 unspecified atom stereocenters. The van der Waals surface area contributed by atoms with Gasteiger partial charge in [0, 0.05) is 32.7 Å². The van der Waals surface area contributed by atoms with Crippen molar-refractivity contribution < 1.29 is 17.2 Å². The summed E-state index contributed by atoms with van der Waals surface area (Å²) in [5, 5.41) is 0.